The number of hydrogen-bond donors (Lipinski definition) is 3. The van der Waals surface area contributed by atoms with E-state index in [0.717, 1.165) is 19.3 Å². The molecule has 0 saturated heterocycles. The van der Waals surface area contributed by atoms with Crippen molar-refractivity contribution in [3.63, 3.8) is 0 Å². The van der Waals surface area contributed by atoms with Crippen molar-refractivity contribution in [2.75, 3.05) is 32.8 Å². The van der Waals surface area contributed by atoms with E-state index in [0.29, 0.717) is 45.4 Å². The maximum Gasteiger partial charge on any atom is 0.324 e. The van der Waals surface area contributed by atoms with E-state index in [4.69, 9.17) is 9.47 Å². The summed E-state index contributed by atoms with van der Waals surface area (Å²) in [5.74, 6) is -2.97. The first-order valence-corrected chi connectivity index (χ1v) is 12.9. The van der Waals surface area contributed by atoms with Gasteiger partial charge in [0.1, 0.15) is 11.6 Å². The van der Waals surface area contributed by atoms with Crippen molar-refractivity contribution in [2.24, 2.45) is 0 Å². The summed E-state index contributed by atoms with van der Waals surface area (Å²) in [5, 5.41) is 22.7. The molecule has 0 aromatic heterocycles. The zero-order valence-corrected chi connectivity index (χ0v) is 22.0. The van der Waals surface area contributed by atoms with Gasteiger partial charge in [-0.3, -0.25) is 24.1 Å². The van der Waals surface area contributed by atoms with Crippen LogP contribution in [-0.2, 0) is 28.7 Å². The van der Waals surface area contributed by atoms with Crippen molar-refractivity contribution < 1.29 is 38.9 Å². The minimum atomic E-state index is -1.45. The fraction of sp³-hybridized carbons (Fsp3) is 0.840. The van der Waals surface area contributed by atoms with Gasteiger partial charge < -0.3 is 25.0 Å². The van der Waals surface area contributed by atoms with Crippen molar-refractivity contribution in [1.82, 2.24) is 10.2 Å². The summed E-state index contributed by atoms with van der Waals surface area (Å²) < 4.78 is 10.0. The van der Waals surface area contributed by atoms with Crippen molar-refractivity contribution in [3.8, 4) is 0 Å². The number of hydrogen-bond acceptors (Lipinski definition) is 8. The van der Waals surface area contributed by atoms with Gasteiger partial charge in [0.15, 0.2) is 0 Å². The highest BCUT2D eigenvalue weighted by Gasteiger charge is 2.45. The Morgan fingerprint density at radius 2 is 1.51 bits per heavy atom. The van der Waals surface area contributed by atoms with E-state index in [1.807, 2.05) is 18.7 Å². The Kier molecular flexibility index (Phi) is 17.8. The predicted octanol–water partition coefficient (Wildman–Crippen LogP) is 3.22. The highest BCUT2D eigenvalue weighted by atomic mass is 16.5. The van der Waals surface area contributed by atoms with Crippen LogP contribution in [0, 0.1) is 0 Å². The third-order valence-electron chi connectivity index (χ3n) is 5.94. The zero-order valence-electron chi connectivity index (χ0n) is 22.0. The maximum atomic E-state index is 12.4. The van der Waals surface area contributed by atoms with Crippen LogP contribution in [0.4, 0.5) is 0 Å². The van der Waals surface area contributed by atoms with Crippen LogP contribution < -0.4 is 5.32 Å². The molecule has 1 unspecified atom stereocenters. The van der Waals surface area contributed by atoms with E-state index in [1.165, 1.54) is 0 Å². The molecule has 0 aliphatic rings. The van der Waals surface area contributed by atoms with Gasteiger partial charge in [0, 0.05) is 6.54 Å². The third kappa shape index (κ3) is 12.9. The number of carboxylic acid groups (broad SMARTS) is 2. The van der Waals surface area contributed by atoms with Crippen LogP contribution in [0.25, 0.3) is 0 Å². The summed E-state index contributed by atoms with van der Waals surface area (Å²) in [6.07, 6.45) is 4.65. The fourth-order valence-corrected chi connectivity index (χ4v) is 4.06. The molecule has 0 aliphatic heterocycles. The predicted molar refractivity (Wildman–Crippen MR) is 132 cm³/mol. The van der Waals surface area contributed by atoms with Crippen LogP contribution >= 0.6 is 0 Å². The summed E-state index contributed by atoms with van der Waals surface area (Å²) in [7, 11) is 0. The minimum Gasteiger partial charge on any atom is -0.481 e. The quantitative estimate of drug-likeness (QED) is 0.149. The summed E-state index contributed by atoms with van der Waals surface area (Å²) in [6, 6.07) is -0.586. The number of rotatable bonds is 22. The lowest BCUT2D eigenvalue weighted by Crippen LogP contribution is -2.56. The summed E-state index contributed by atoms with van der Waals surface area (Å²) >= 11 is 0. The Labute approximate surface area is 209 Å². The largest absolute Gasteiger partial charge is 0.481 e. The molecule has 0 amide bonds. The first-order valence-electron chi connectivity index (χ1n) is 12.9. The van der Waals surface area contributed by atoms with Gasteiger partial charge in [0.2, 0.25) is 0 Å². The van der Waals surface area contributed by atoms with Gasteiger partial charge in [-0.15, -0.1) is 0 Å². The van der Waals surface area contributed by atoms with Crippen LogP contribution in [0.1, 0.15) is 91.9 Å². The number of carbonyl (C=O) groups excluding carboxylic acids is 2. The molecule has 0 bridgehead atoms. The second-order valence-corrected chi connectivity index (χ2v) is 8.66. The highest BCUT2D eigenvalue weighted by molar-refractivity contribution is 5.85. The summed E-state index contributed by atoms with van der Waals surface area (Å²) in [4.78, 5) is 49.7. The Balaban J connectivity index is 5.26. The Hall–Kier alpha value is -2.20. The maximum absolute atomic E-state index is 12.4. The molecule has 10 nitrogen and oxygen atoms in total. The molecule has 0 aliphatic carbocycles. The second kappa shape index (κ2) is 19.0. The fourth-order valence-electron chi connectivity index (χ4n) is 4.06. The van der Waals surface area contributed by atoms with Crippen LogP contribution in [0.2, 0.25) is 0 Å². The monoisotopic (exact) mass is 502 g/mol. The van der Waals surface area contributed by atoms with Crippen LogP contribution in [0.5, 0.6) is 0 Å². The van der Waals surface area contributed by atoms with Gasteiger partial charge in [0.25, 0.3) is 0 Å². The molecule has 3 N–H and O–H groups in total. The van der Waals surface area contributed by atoms with Gasteiger partial charge >= 0.3 is 23.9 Å². The molecular weight excluding hydrogens is 456 g/mol. The number of ether oxygens (including phenoxy) is 2. The Bertz CT molecular complexity index is 643. The first-order chi connectivity index (χ1) is 16.7. The van der Waals surface area contributed by atoms with Gasteiger partial charge in [-0.2, -0.15) is 0 Å². The SMILES string of the molecule is CCCCN(CCCCC(NCCC(=O)OCC)C(=O)OCC)[C@@](CCCC)(CC(=O)O)C(=O)O. The van der Waals surface area contributed by atoms with Crippen molar-refractivity contribution >= 4 is 23.9 Å². The molecule has 0 saturated carbocycles. The van der Waals surface area contributed by atoms with Crippen molar-refractivity contribution in [3.05, 3.63) is 0 Å². The normalized spacial score (nSPS) is 13.7. The van der Waals surface area contributed by atoms with Gasteiger partial charge in [-0.05, 0) is 52.6 Å². The standard InChI is InChI=1S/C25H46N2O8/c1-5-9-15-25(24(32)33,19-21(28)29)27(17-10-6-2)18-12-11-13-20(23(31)35-8-4)26-16-14-22(30)34-7-3/h20,26H,5-19H2,1-4H3,(H,28,29)(H,32,33)/t20?,25-/m0/s1. The Morgan fingerprint density at radius 3 is 2.06 bits per heavy atom. The van der Waals surface area contributed by atoms with Crippen molar-refractivity contribution in [1.29, 1.82) is 0 Å². The molecule has 0 spiro atoms. The lowest BCUT2D eigenvalue weighted by molar-refractivity contribution is -0.159. The average Bonchev–Trinajstić information content (AvgIpc) is 2.80. The molecule has 0 radical (unpaired) electrons. The average molecular weight is 503 g/mol. The smallest absolute Gasteiger partial charge is 0.324 e. The molecule has 204 valence electrons. The molecule has 0 rings (SSSR count). The molecule has 0 fully saturated rings. The van der Waals surface area contributed by atoms with E-state index >= 15 is 0 Å². The van der Waals surface area contributed by atoms with E-state index in [9.17, 15) is 29.4 Å². The number of nitrogens with one attached hydrogen (secondary N) is 1. The van der Waals surface area contributed by atoms with E-state index in [1.54, 1.807) is 13.8 Å². The third-order valence-corrected chi connectivity index (χ3v) is 5.94. The molecule has 10 heteroatoms. The topological polar surface area (TPSA) is 142 Å². The van der Waals surface area contributed by atoms with Crippen molar-refractivity contribution in [2.45, 2.75) is 103 Å². The summed E-state index contributed by atoms with van der Waals surface area (Å²) in [5.41, 5.74) is -1.45. The molecule has 35 heavy (non-hydrogen) atoms. The first kappa shape index (κ1) is 32.8. The summed E-state index contributed by atoms with van der Waals surface area (Å²) in [6.45, 7) is 9.16. The molecule has 0 aromatic rings. The van der Waals surface area contributed by atoms with E-state index < -0.39 is 35.9 Å². The molecule has 0 heterocycles. The zero-order chi connectivity index (χ0) is 26.7. The number of nitrogens with zero attached hydrogens (tertiary/aromatic N) is 1. The van der Waals surface area contributed by atoms with E-state index in [2.05, 4.69) is 5.32 Å². The number of carboxylic acids is 2. The second-order valence-electron chi connectivity index (χ2n) is 8.66. The number of aliphatic carboxylic acids is 2. The number of esters is 2. The lowest BCUT2D eigenvalue weighted by atomic mass is 9.86. The number of unbranched alkanes of at least 4 members (excludes halogenated alkanes) is 3. The molecule has 0 aromatic carbocycles. The number of carbonyl (C=O) groups is 4. The van der Waals surface area contributed by atoms with Gasteiger partial charge in [-0.1, -0.05) is 39.5 Å². The van der Waals surface area contributed by atoms with Gasteiger partial charge in [-0.25, -0.2) is 0 Å². The van der Waals surface area contributed by atoms with E-state index in [-0.39, 0.29) is 32.0 Å². The van der Waals surface area contributed by atoms with Crippen LogP contribution in [-0.4, -0.2) is 83.4 Å². The molecule has 2 atom stereocenters. The minimum absolute atomic E-state index is 0.141. The lowest BCUT2D eigenvalue weighted by Gasteiger charge is -2.40. The highest BCUT2D eigenvalue weighted by Crippen LogP contribution is 2.29. The Morgan fingerprint density at radius 1 is 0.886 bits per heavy atom. The van der Waals surface area contributed by atoms with Gasteiger partial charge in [0.05, 0.1) is 26.1 Å². The van der Waals surface area contributed by atoms with Crippen LogP contribution in [0.15, 0.2) is 0 Å². The van der Waals surface area contributed by atoms with Crippen LogP contribution in [0.3, 0.4) is 0 Å². The molecular formula is C25H46N2O8.